The fraction of sp³-hybridized carbons (Fsp3) is 0.526. The largest absolute Gasteiger partial charge is 0.494 e. The third-order valence-electron chi connectivity index (χ3n) is 4.42. The molecule has 0 aliphatic rings. The summed E-state index contributed by atoms with van der Waals surface area (Å²) in [5.41, 5.74) is 12.0. The molecule has 1 heterocycles. The van der Waals surface area contributed by atoms with Gasteiger partial charge in [0.15, 0.2) is 0 Å². The van der Waals surface area contributed by atoms with E-state index < -0.39 is 0 Å². The Labute approximate surface area is 139 Å². The SMILES string of the molecule is CCOc1cc(C)c(C)cc1C(CN)c1cc(C(C)C)nn1C. The summed E-state index contributed by atoms with van der Waals surface area (Å²) in [6, 6.07) is 6.50. The molecule has 1 atom stereocenters. The van der Waals surface area contributed by atoms with Crippen LogP contribution in [0.15, 0.2) is 18.2 Å². The number of hydrogen-bond donors (Lipinski definition) is 1. The molecule has 126 valence electrons. The van der Waals surface area contributed by atoms with Crippen LogP contribution in [0.25, 0.3) is 0 Å². The minimum atomic E-state index is 0.0841. The third-order valence-corrected chi connectivity index (χ3v) is 4.42. The maximum Gasteiger partial charge on any atom is 0.123 e. The second-order valence-corrected chi connectivity index (χ2v) is 6.47. The number of aromatic nitrogens is 2. The first-order valence-corrected chi connectivity index (χ1v) is 8.36. The molecule has 0 aliphatic carbocycles. The van der Waals surface area contributed by atoms with Gasteiger partial charge in [-0.15, -0.1) is 0 Å². The predicted molar refractivity (Wildman–Crippen MR) is 95.3 cm³/mol. The molecule has 1 unspecified atom stereocenters. The smallest absolute Gasteiger partial charge is 0.123 e. The van der Waals surface area contributed by atoms with Gasteiger partial charge in [-0.3, -0.25) is 4.68 Å². The lowest BCUT2D eigenvalue weighted by molar-refractivity contribution is 0.334. The molecule has 0 spiro atoms. The van der Waals surface area contributed by atoms with Gasteiger partial charge in [0.25, 0.3) is 0 Å². The van der Waals surface area contributed by atoms with Crippen molar-refractivity contribution in [2.75, 3.05) is 13.2 Å². The van der Waals surface area contributed by atoms with Crippen LogP contribution in [0.5, 0.6) is 5.75 Å². The van der Waals surface area contributed by atoms with Gasteiger partial charge < -0.3 is 10.5 Å². The minimum absolute atomic E-state index is 0.0841. The van der Waals surface area contributed by atoms with Crippen molar-refractivity contribution in [2.24, 2.45) is 12.8 Å². The second kappa shape index (κ2) is 7.18. The zero-order valence-electron chi connectivity index (χ0n) is 15.2. The maximum absolute atomic E-state index is 6.15. The summed E-state index contributed by atoms with van der Waals surface area (Å²) in [5, 5.41) is 4.64. The van der Waals surface area contributed by atoms with Crippen molar-refractivity contribution < 1.29 is 4.74 Å². The average Bonchev–Trinajstić information content (AvgIpc) is 2.87. The van der Waals surface area contributed by atoms with Gasteiger partial charge in [0, 0.05) is 30.8 Å². The Bertz CT molecular complexity index is 673. The Morgan fingerprint density at radius 2 is 1.83 bits per heavy atom. The lowest BCUT2D eigenvalue weighted by Gasteiger charge is -2.21. The highest BCUT2D eigenvalue weighted by molar-refractivity contribution is 5.47. The first-order chi connectivity index (χ1) is 10.9. The molecule has 23 heavy (non-hydrogen) atoms. The van der Waals surface area contributed by atoms with Crippen LogP contribution in [0.4, 0.5) is 0 Å². The average molecular weight is 315 g/mol. The van der Waals surface area contributed by atoms with E-state index in [0.29, 0.717) is 19.1 Å². The van der Waals surface area contributed by atoms with Crippen LogP contribution in [-0.4, -0.2) is 22.9 Å². The van der Waals surface area contributed by atoms with E-state index in [-0.39, 0.29) is 5.92 Å². The van der Waals surface area contributed by atoms with Gasteiger partial charge in [-0.25, -0.2) is 0 Å². The fourth-order valence-corrected chi connectivity index (χ4v) is 2.88. The number of nitrogens with two attached hydrogens (primary N) is 1. The van der Waals surface area contributed by atoms with E-state index >= 15 is 0 Å². The lowest BCUT2D eigenvalue weighted by Crippen LogP contribution is -2.18. The van der Waals surface area contributed by atoms with Gasteiger partial charge in [-0.2, -0.15) is 5.10 Å². The van der Waals surface area contributed by atoms with Gasteiger partial charge in [0.2, 0.25) is 0 Å². The molecule has 1 aromatic carbocycles. The highest BCUT2D eigenvalue weighted by Gasteiger charge is 2.22. The quantitative estimate of drug-likeness (QED) is 0.885. The molecule has 0 bridgehead atoms. The Balaban J connectivity index is 2.55. The zero-order valence-corrected chi connectivity index (χ0v) is 15.2. The van der Waals surface area contributed by atoms with Crippen molar-refractivity contribution in [2.45, 2.75) is 46.5 Å². The molecule has 0 fully saturated rings. The molecular weight excluding hydrogens is 286 g/mol. The van der Waals surface area contributed by atoms with Crippen molar-refractivity contribution in [1.29, 1.82) is 0 Å². The van der Waals surface area contributed by atoms with Gasteiger partial charge in [0.1, 0.15) is 5.75 Å². The zero-order chi connectivity index (χ0) is 17.1. The highest BCUT2D eigenvalue weighted by Crippen LogP contribution is 2.34. The van der Waals surface area contributed by atoms with E-state index in [9.17, 15) is 0 Å². The Hall–Kier alpha value is -1.81. The number of aryl methyl sites for hydroxylation is 3. The van der Waals surface area contributed by atoms with E-state index in [4.69, 9.17) is 10.5 Å². The molecule has 0 amide bonds. The summed E-state index contributed by atoms with van der Waals surface area (Å²) in [6.45, 7) is 11.7. The summed E-state index contributed by atoms with van der Waals surface area (Å²) >= 11 is 0. The monoisotopic (exact) mass is 315 g/mol. The lowest BCUT2D eigenvalue weighted by atomic mass is 9.91. The van der Waals surface area contributed by atoms with Gasteiger partial charge in [-0.1, -0.05) is 19.9 Å². The normalized spacial score (nSPS) is 12.7. The molecule has 2 rings (SSSR count). The molecule has 4 heteroatoms. The number of benzene rings is 1. The van der Waals surface area contributed by atoms with Gasteiger partial charge in [-0.05, 0) is 49.9 Å². The second-order valence-electron chi connectivity index (χ2n) is 6.47. The molecule has 1 aromatic heterocycles. The Morgan fingerprint density at radius 1 is 1.17 bits per heavy atom. The topological polar surface area (TPSA) is 53.1 Å². The molecule has 4 nitrogen and oxygen atoms in total. The van der Waals surface area contributed by atoms with E-state index in [2.05, 4.69) is 51.0 Å². The molecule has 0 aliphatic heterocycles. The number of hydrogen-bond acceptors (Lipinski definition) is 3. The van der Waals surface area contributed by atoms with Crippen molar-refractivity contribution in [3.63, 3.8) is 0 Å². The first-order valence-electron chi connectivity index (χ1n) is 8.36. The fourth-order valence-electron chi connectivity index (χ4n) is 2.88. The van der Waals surface area contributed by atoms with E-state index in [1.165, 1.54) is 11.1 Å². The van der Waals surface area contributed by atoms with Crippen molar-refractivity contribution in [3.8, 4) is 5.75 Å². The van der Waals surface area contributed by atoms with Crippen LogP contribution in [0, 0.1) is 13.8 Å². The number of nitrogens with zero attached hydrogens (tertiary/aromatic N) is 2. The Kier molecular flexibility index (Phi) is 5.47. The predicted octanol–water partition coefficient (Wildman–Crippen LogP) is 3.65. The molecule has 0 saturated heterocycles. The Morgan fingerprint density at radius 3 is 2.35 bits per heavy atom. The summed E-state index contributed by atoms with van der Waals surface area (Å²) in [4.78, 5) is 0. The van der Waals surface area contributed by atoms with Crippen molar-refractivity contribution in [1.82, 2.24) is 9.78 Å². The van der Waals surface area contributed by atoms with Gasteiger partial charge >= 0.3 is 0 Å². The van der Waals surface area contributed by atoms with E-state index in [1.807, 2.05) is 18.7 Å². The molecule has 0 radical (unpaired) electrons. The molecule has 2 N–H and O–H groups in total. The minimum Gasteiger partial charge on any atom is -0.494 e. The van der Waals surface area contributed by atoms with Crippen LogP contribution in [-0.2, 0) is 7.05 Å². The summed E-state index contributed by atoms with van der Waals surface area (Å²) in [7, 11) is 1.99. The molecular formula is C19H29N3O. The van der Waals surface area contributed by atoms with Crippen molar-refractivity contribution in [3.05, 3.63) is 46.3 Å². The summed E-state index contributed by atoms with van der Waals surface area (Å²) in [5.74, 6) is 1.42. The first kappa shape index (κ1) is 17.5. The number of ether oxygens (including phenoxy) is 1. The highest BCUT2D eigenvalue weighted by atomic mass is 16.5. The van der Waals surface area contributed by atoms with Gasteiger partial charge in [0.05, 0.1) is 12.3 Å². The standard InChI is InChI=1S/C19H29N3O/c1-7-23-19-9-14(5)13(4)8-15(19)16(11-20)18-10-17(12(2)3)21-22(18)6/h8-10,12,16H,7,11,20H2,1-6H3. The van der Waals surface area contributed by atoms with Crippen LogP contribution < -0.4 is 10.5 Å². The van der Waals surface area contributed by atoms with E-state index in [0.717, 1.165) is 22.7 Å². The summed E-state index contributed by atoms with van der Waals surface area (Å²) in [6.07, 6.45) is 0. The van der Waals surface area contributed by atoms with Crippen LogP contribution in [0.2, 0.25) is 0 Å². The third kappa shape index (κ3) is 3.58. The van der Waals surface area contributed by atoms with Crippen molar-refractivity contribution >= 4 is 0 Å². The van der Waals surface area contributed by atoms with E-state index in [1.54, 1.807) is 0 Å². The molecule has 0 saturated carbocycles. The van der Waals surface area contributed by atoms with Crippen LogP contribution in [0.1, 0.15) is 60.7 Å². The van der Waals surface area contributed by atoms with Crippen LogP contribution in [0.3, 0.4) is 0 Å². The maximum atomic E-state index is 6.15. The summed E-state index contributed by atoms with van der Waals surface area (Å²) < 4.78 is 7.84. The number of rotatable bonds is 6. The molecule has 2 aromatic rings. The van der Waals surface area contributed by atoms with Crippen LogP contribution >= 0.6 is 0 Å².